The third-order valence-corrected chi connectivity index (χ3v) is 3.75. The lowest BCUT2D eigenvalue weighted by Crippen LogP contribution is -2.44. The lowest BCUT2D eigenvalue weighted by Gasteiger charge is -2.24. The number of esters is 1. The Morgan fingerprint density at radius 3 is 2.41 bits per heavy atom. The molecule has 1 fully saturated rings. The van der Waals surface area contributed by atoms with Gasteiger partial charge in [0.25, 0.3) is 0 Å². The summed E-state index contributed by atoms with van der Waals surface area (Å²) in [6, 6.07) is 8.68. The molecule has 0 unspecified atom stereocenters. The molecule has 2 amide bonds. The molecule has 0 spiro atoms. The monoisotopic (exact) mass is 378 g/mol. The summed E-state index contributed by atoms with van der Waals surface area (Å²) in [5.74, 6) is -0.490. The fraction of sp³-hybridized carbons (Fsp3) is 0.526. The number of carbonyl (C=O) groups is 3. The van der Waals surface area contributed by atoms with Gasteiger partial charge in [0.2, 0.25) is 0 Å². The van der Waals surface area contributed by atoms with Gasteiger partial charge < -0.3 is 24.4 Å². The van der Waals surface area contributed by atoms with Crippen LogP contribution in [0.2, 0.25) is 0 Å². The van der Waals surface area contributed by atoms with Crippen molar-refractivity contribution in [3.05, 3.63) is 35.9 Å². The Labute approximate surface area is 158 Å². The van der Waals surface area contributed by atoms with Gasteiger partial charge in [-0.2, -0.15) is 0 Å². The van der Waals surface area contributed by atoms with E-state index in [4.69, 9.17) is 14.2 Å². The van der Waals surface area contributed by atoms with Crippen molar-refractivity contribution < 1.29 is 28.6 Å². The van der Waals surface area contributed by atoms with Crippen molar-refractivity contribution in [2.24, 2.45) is 0 Å². The van der Waals surface area contributed by atoms with E-state index in [-0.39, 0.29) is 19.7 Å². The third-order valence-electron chi connectivity index (χ3n) is 3.75. The first-order valence-electron chi connectivity index (χ1n) is 8.76. The molecule has 2 atom stereocenters. The summed E-state index contributed by atoms with van der Waals surface area (Å²) < 4.78 is 15.8. The molecular weight excluding hydrogens is 352 g/mol. The fourth-order valence-electron chi connectivity index (χ4n) is 2.64. The van der Waals surface area contributed by atoms with Crippen LogP contribution in [0.25, 0.3) is 0 Å². The van der Waals surface area contributed by atoms with Crippen LogP contribution < -0.4 is 5.32 Å². The first-order chi connectivity index (χ1) is 12.6. The summed E-state index contributed by atoms with van der Waals surface area (Å²) in [6.07, 6.45) is -1.84. The van der Waals surface area contributed by atoms with E-state index in [2.05, 4.69) is 5.32 Å². The number of hydrogen-bond acceptors (Lipinski definition) is 6. The summed E-state index contributed by atoms with van der Waals surface area (Å²) in [6.45, 7) is 6.99. The maximum atomic E-state index is 12.3. The van der Waals surface area contributed by atoms with Gasteiger partial charge in [0.1, 0.15) is 18.3 Å². The van der Waals surface area contributed by atoms with E-state index in [1.54, 1.807) is 20.8 Å². The fourth-order valence-corrected chi connectivity index (χ4v) is 2.64. The number of likely N-dealkylation sites (tertiary alicyclic amines) is 1. The molecule has 0 bridgehead atoms. The Balaban J connectivity index is 1.94. The first-order valence-corrected chi connectivity index (χ1v) is 8.76. The van der Waals surface area contributed by atoms with Crippen molar-refractivity contribution in [1.29, 1.82) is 0 Å². The second kappa shape index (κ2) is 8.75. The number of benzene rings is 1. The van der Waals surface area contributed by atoms with Gasteiger partial charge in [-0.3, -0.25) is 4.79 Å². The number of ether oxygens (including phenoxy) is 3. The van der Waals surface area contributed by atoms with Crippen LogP contribution in [0.4, 0.5) is 9.59 Å². The van der Waals surface area contributed by atoms with Crippen LogP contribution in [0.15, 0.2) is 30.3 Å². The van der Waals surface area contributed by atoms with E-state index < -0.39 is 35.9 Å². The number of nitrogens with one attached hydrogen (secondary N) is 1. The highest BCUT2D eigenvalue weighted by Gasteiger charge is 2.40. The molecule has 8 heteroatoms. The number of carbonyl (C=O) groups excluding carboxylic acids is 3. The van der Waals surface area contributed by atoms with Crippen LogP contribution in [-0.2, 0) is 25.6 Å². The zero-order chi connectivity index (χ0) is 20.0. The van der Waals surface area contributed by atoms with Crippen molar-refractivity contribution in [3.63, 3.8) is 0 Å². The summed E-state index contributed by atoms with van der Waals surface area (Å²) in [5.41, 5.74) is 0.208. The molecule has 1 aromatic carbocycles. The molecule has 1 aliphatic rings. The third kappa shape index (κ3) is 6.80. The average Bonchev–Trinajstić information content (AvgIpc) is 2.94. The Morgan fingerprint density at radius 1 is 1.15 bits per heavy atom. The largest absolute Gasteiger partial charge is 0.458 e. The molecule has 2 rings (SSSR count). The summed E-state index contributed by atoms with van der Waals surface area (Å²) in [5, 5.41) is 2.66. The normalized spacial score (nSPS) is 19.3. The predicted octanol–water partition coefficient (Wildman–Crippen LogP) is 2.46. The highest BCUT2D eigenvalue weighted by molar-refractivity contribution is 5.71. The quantitative estimate of drug-likeness (QED) is 0.639. The van der Waals surface area contributed by atoms with Crippen LogP contribution in [-0.4, -0.2) is 53.9 Å². The number of rotatable bonds is 4. The number of hydrogen-bond donors (Lipinski definition) is 1. The topological polar surface area (TPSA) is 94.2 Å². The standard InChI is InChI=1S/C19H26N2O6/c1-13(22)26-16-11-21(18(24)27-19(2,3)4)10-15(16)20-17(23)25-12-14-8-6-5-7-9-14/h5-9,15-16H,10-12H2,1-4H3,(H,20,23)/t15-,16-/m1/s1. The van der Waals surface area contributed by atoms with Gasteiger partial charge >= 0.3 is 18.2 Å². The number of alkyl carbamates (subject to hydrolysis) is 1. The van der Waals surface area contributed by atoms with E-state index in [0.717, 1.165) is 5.56 Å². The van der Waals surface area contributed by atoms with E-state index in [9.17, 15) is 14.4 Å². The van der Waals surface area contributed by atoms with Gasteiger partial charge in [0.05, 0.1) is 12.6 Å². The maximum Gasteiger partial charge on any atom is 0.410 e. The van der Waals surface area contributed by atoms with Gasteiger partial charge in [-0.05, 0) is 26.3 Å². The highest BCUT2D eigenvalue weighted by Crippen LogP contribution is 2.18. The molecule has 27 heavy (non-hydrogen) atoms. The van der Waals surface area contributed by atoms with Gasteiger partial charge in [0.15, 0.2) is 0 Å². The van der Waals surface area contributed by atoms with Crippen LogP contribution in [0.3, 0.4) is 0 Å². The predicted molar refractivity (Wildman–Crippen MR) is 96.9 cm³/mol. The lowest BCUT2D eigenvalue weighted by atomic mass is 10.2. The Hall–Kier alpha value is -2.77. The van der Waals surface area contributed by atoms with E-state index in [1.807, 2.05) is 30.3 Å². The van der Waals surface area contributed by atoms with Crippen molar-refractivity contribution in [2.45, 2.75) is 52.0 Å². The summed E-state index contributed by atoms with van der Waals surface area (Å²) in [7, 11) is 0. The molecule has 8 nitrogen and oxygen atoms in total. The van der Waals surface area contributed by atoms with E-state index in [0.29, 0.717) is 0 Å². The van der Waals surface area contributed by atoms with Gasteiger partial charge in [-0.1, -0.05) is 30.3 Å². The number of nitrogens with zero attached hydrogens (tertiary/aromatic N) is 1. The molecule has 1 aromatic rings. The van der Waals surface area contributed by atoms with Gasteiger partial charge in [0, 0.05) is 13.5 Å². The van der Waals surface area contributed by atoms with Gasteiger partial charge in [-0.25, -0.2) is 9.59 Å². The number of amides is 2. The van der Waals surface area contributed by atoms with Crippen LogP contribution >= 0.6 is 0 Å². The molecule has 0 saturated carbocycles. The average molecular weight is 378 g/mol. The molecule has 1 heterocycles. The van der Waals surface area contributed by atoms with Crippen molar-refractivity contribution in [1.82, 2.24) is 10.2 Å². The first kappa shape index (κ1) is 20.5. The molecule has 148 valence electrons. The molecule has 0 aromatic heterocycles. The lowest BCUT2D eigenvalue weighted by molar-refractivity contribution is -0.146. The minimum atomic E-state index is -0.667. The van der Waals surface area contributed by atoms with Crippen molar-refractivity contribution >= 4 is 18.2 Å². The highest BCUT2D eigenvalue weighted by atomic mass is 16.6. The second-order valence-electron chi connectivity index (χ2n) is 7.35. The zero-order valence-corrected chi connectivity index (χ0v) is 16.1. The molecule has 1 N–H and O–H groups in total. The molecule has 1 aliphatic heterocycles. The minimum Gasteiger partial charge on any atom is -0.458 e. The van der Waals surface area contributed by atoms with Crippen LogP contribution in [0.1, 0.15) is 33.3 Å². The van der Waals surface area contributed by atoms with Crippen LogP contribution in [0, 0.1) is 0 Å². The smallest absolute Gasteiger partial charge is 0.410 e. The molecule has 0 aliphatic carbocycles. The summed E-state index contributed by atoms with van der Waals surface area (Å²) in [4.78, 5) is 37.1. The maximum absolute atomic E-state index is 12.3. The van der Waals surface area contributed by atoms with Crippen molar-refractivity contribution in [2.75, 3.05) is 13.1 Å². The zero-order valence-electron chi connectivity index (χ0n) is 16.1. The van der Waals surface area contributed by atoms with E-state index >= 15 is 0 Å². The molecular formula is C19H26N2O6. The summed E-state index contributed by atoms with van der Waals surface area (Å²) >= 11 is 0. The van der Waals surface area contributed by atoms with E-state index in [1.165, 1.54) is 11.8 Å². The Bertz CT molecular complexity index is 671. The second-order valence-corrected chi connectivity index (χ2v) is 7.35. The van der Waals surface area contributed by atoms with Crippen LogP contribution in [0.5, 0.6) is 0 Å². The van der Waals surface area contributed by atoms with Gasteiger partial charge in [-0.15, -0.1) is 0 Å². The van der Waals surface area contributed by atoms with Crippen molar-refractivity contribution in [3.8, 4) is 0 Å². The Morgan fingerprint density at radius 2 is 1.81 bits per heavy atom. The molecule has 1 saturated heterocycles. The molecule has 0 radical (unpaired) electrons. The SMILES string of the molecule is CC(=O)O[C@@H]1CN(C(=O)OC(C)(C)C)C[C@H]1NC(=O)OCc1ccccc1. The minimum absolute atomic E-state index is 0.118. The Kier molecular flexibility index (Phi) is 6.65.